The van der Waals surface area contributed by atoms with E-state index in [-0.39, 0.29) is 5.91 Å². The van der Waals surface area contributed by atoms with Gasteiger partial charge in [-0.05, 0) is 17.7 Å². The first-order valence-electron chi connectivity index (χ1n) is 7.79. The molecule has 1 N–H and O–H groups in total. The summed E-state index contributed by atoms with van der Waals surface area (Å²) in [6.45, 7) is 0. The summed E-state index contributed by atoms with van der Waals surface area (Å²) in [5.41, 5.74) is 1.44. The molecule has 0 unspecified atom stereocenters. The minimum absolute atomic E-state index is 0.307. The van der Waals surface area contributed by atoms with Gasteiger partial charge in [0.05, 0.1) is 26.2 Å². The Kier molecular flexibility index (Phi) is 5.38. The third-order valence-electron chi connectivity index (χ3n) is 3.71. The Morgan fingerprint density at radius 2 is 1.65 bits per heavy atom. The van der Waals surface area contributed by atoms with Crippen LogP contribution in [0.5, 0.6) is 17.2 Å². The predicted octanol–water partition coefficient (Wildman–Crippen LogP) is 4.09. The van der Waals surface area contributed by atoms with Gasteiger partial charge in [0.2, 0.25) is 5.75 Å². The number of anilines is 1. The van der Waals surface area contributed by atoms with E-state index in [0.717, 1.165) is 10.4 Å². The smallest absolute Gasteiger partial charge is 0.257 e. The van der Waals surface area contributed by atoms with Crippen LogP contribution in [0.15, 0.2) is 48.7 Å². The number of hydrogen-bond donors (Lipinski definition) is 1. The number of nitrogens with one attached hydrogen (secondary N) is 1. The van der Waals surface area contributed by atoms with E-state index in [1.165, 1.54) is 32.7 Å². The van der Waals surface area contributed by atoms with Crippen LogP contribution < -0.4 is 19.5 Å². The van der Waals surface area contributed by atoms with Crippen molar-refractivity contribution in [2.45, 2.75) is 0 Å². The van der Waals surface area contributed by atoms with Gasteiger partial charge < -0.3 is 14.2 Å². The lowest BCUT2D eigenvalue weighted by molar-refractivity contribution is 0.102. The van der Waals surface area contributed by atoms with Gasteiger partial charge in [0.15, 0.2) is 16.6 Å². The predicted molar refractivity (Wildman–Crippen MR) is 102 cm³/mol. The lowest BCUT2D eigenvalue weighted by atomic mass is 10.1. The van der Waals surface area contributed by atoms with Gasteiger partial charge in [-0.25, -0.2) is 4.98 Å². The highest BCUT2D eigenvalue weighted by Gasteiger charge is 2.18. The Bertz CT molecular complexity index is 884. The maximum absolute atomic E-state index is 12.6. The molecule has 1 amide bonds. The Hall–Kier alpha value is -3.06. The molecule has 0 atom stereocenters. The molecule has 0 saturated carbocycles. The van der Waals surface area contributed by atoms with Gasteiger partial charge in [0, 0.05) is 11.8 Å². The van der Waals surface area contributed by atoms with Gasteiger partial charge >= 0.3 is 0 Å². The van der Waals surface area contributed by atoms with Crippen molar-refractivity contribution in [3.05, 3.63) is 54.2 Å². The summed E-state index contributed by atoms with van der Waals surface area (Å²) in [6.07, 6.45) is 1.74. The Labute approximate surface area is 155 Å². The van der Waals surface area contributed by atoms with E-state index in [0.29, 0.717) is 27.9 Å². The van der Waals surface area contributed by atoms with Crippen LogP contribution in [0.4, 0.5) is 5.13 Å². The molecule has 0 saturated heterocycles. The molecule has 0 spiro atoms. The summed E-state index contributed by atoms with van der Waals surface area (Å²) in [4.78, 5) is 17.9. The van der Waals surface area contributed by atoms with E-state index >= 15 is 0 Å². The lowest BCUT2D eigenvalue weighted by Crippen LogP contribution is -2.12. The molecule has 26 heavy (non-hydrogen) atoms. The number of ether oxygens (including phenoxy) is 3. The van der Waals surface area contributed by atoms with Crippen LogP contribution in [-0.4, -0.2) is 32.2 Å². The minimum atomic E-state index is -0.307. The van der Waals surface area contributed by atoms with Crippen molar-refractivity contribution in [1.82, 2.24) is 4.98 Å². The highest BCUT2D eigenvalue weighted by atomic mass is 32.1. The van der Waals surface area contributed by atoms with Crippen LogP contribution in [0, 0.1) is 0 Å². The molecule has 3 aromatic rings. The molecule has 0 aliphatic carbocycles. The number of aromatic nitrogens is 1. The molecular formula is C19H18N2O4S. The van der Waals surface area contributed by atoms with Crippen molar-refractivity contribution in [3.8, 4) is 27.7 Å². The first-order valence-corrected chi connectivity index (χ1v) is 8.60. The second kappa shape index (κ2) is 7.88. The molecule has 3 rings (SSSR count). The van der Waals surface area contributed by atoms with Crippen molar-refractivity contribution in [2.24, 2.45) is 0 Å². The summed E-state index contributed by atoms with van der Waals surface area (Å²) >= 11 is 1.41. The first kappa shape index (κ1) is 17.8. The number of hydrogen-bond acceptors (Lipinski definition) is 6. The molecule has 0 aliphatic heterocycles. The minimum Gasteiger partial charge on any atom is -0.493 e. The zero-order valence-electron chi connectivity index (χ0n) is 14.6. The molecular weight excluding hydrogens is 352 g/mol. The van der Waals surface area contributed by atoms with Crippen LogP contribution >= 0.6 is 11.3 Å². The van der Waals surface area contributed by atoms with Crippen LogP contribution in [0.1, 0.15) is 10.4 Å². The fraction of sp³-hybridized carbons (Fsp3) is 0.158. The Morgan fingerprint density at radius 1 is 1.00 bits per heavy atom. The Morgan fingerprint density at radius 3 is 2.23 bits per heavy atom. The summed E-state index contributed by atoms with van der Waals surface area (Å²) < 4.78 is 15.8. The number of benzene rings is 2. The van der Waals surface area contributed by atoms with E-state index in [1.54, 1.807) is 18.3 Å². The molecule has 0 aliphatic rings. The molecule has 134 valence electrons. The monoisotopic (exact) mass is 370 g/mol. The van der Waals surface area contributed by atoms with Crippen molar-refractivity contribution in [2.75, 3.05) is 26.6 Å². The maximum Gasteiger partial charge on any atom is 0.257 e. The number of amides is 1. The van der Waals surface area contributed by atoms with Crippen molar-refractivity contribution >= 4 is 22.4 Å². The van der Waals surface area contributed by atoms with Gasteiger partial charge in [0.25, 0.3) is 5.91 Å². The molecule has 1 aromatic heterocycles. The van der Waals surface area contributed by atoms with E-state index < -0.39 is 0 Å². The topological polar surface area (TPSA) is 69.7 Å². The summed E-state index contributed by atoms with van der Waals surface area (Å²) in [5.74, 6) is 0.965. The standard InChI is InChI=1S/C19H18N2O4S/c1-23-14-9-13(10-15(24-2)17(14)25-3)18(22)21-19-20-11-16(26-19)12-7-5-4-6-8-12/h4-11H,1-3H3,(H,20,21,22). The number of carbonyl (C=O) groups is 1. The van der Waals surface area contributed by atoms with Crippen LogP contribution in [-0.2, 0) is 0 Å². The normalized spacial score (nSPS) is 10.3. The molecule has 0 bridgehead atoms. The van der Waals surface area contributed by atoms with E-state index in [4.69, 9.17) is 14.2 Å². The average molecular weight is 370 g/mol. The SMILES string of the molecule is COc1cc(C(=O)Nc2ncc(-c3ccccc3)s2)cc(OC)c1OC. The highest BCUT2D eigenvalue weighted by molar-refractivity contribution is 7.19. The fourth-order valence-corrected chi connectivity index (χ4v) is 3.27. The fourth-order valence-electron chi connectivity index (χ4n) is 2.45. The number of nitrogens with zero attached hydrogens (tertiary/aromatic N) is 1. The molecule has 7 heteroatoms. The zero-order valence-corrected chi connectivity index (χ0v) is 15.4. The third kappa shape index (κ3) is 3.62. The quantitative estimate of drug-likeness (QED) is 0.708. The zero-order chi connectivity index (χ0) is 18.5. The van der Waals surface area contributed by atoms with E-state index in [1.807, 2.05) is 30.3 Å². The lowest BCUT2D eigenvalue weighted by Gasteiger charge is -2.13. The second-order valence-corrected chi connectivity index (χ2v) is 6.29. The number of thiazole rings is 1. The molecule has 6 nitrogen and oxygen atoms in total. The summed E-state index contributed by atoms with van der Waals surface area (Å²) in [5, 5.41) is 3.32. The highest BCUT2D eigenvalue weighted by Crippen LogP contribution is 2.38. The van der Waals surface area contributed by atoms with Crippen molar-refractivity contribution in [1.29, 1.82) is 0 Å². The van der Waals surface area contributed by atoms with Crippen LogP contribution in [0.3, 0.4) is 0 Å². The van der Waals surface area contributed by atoms with E-state index in [9.17, 15) is 4.79 Å². The molecule has 2 aromatic carbocycles. The first-order chi connectivity index (χ1) is 12.7. The van der Waals surface area contributed by atoms with Gasteiger partial charge in [-0.15, -0.1) is 0 Å². The van der Waals surface area contributed by atoms with Crippen molar-refractivity contribution in [3.63, 3.8) is 0 Å². The number of rotatable bonds is 6. The average Bonchev–Trinajstić information content (AvgIpc) is 3.15. The third-order valence-corrected chi connectivity index (χ3v) is 4.67. The molecule has 0 radical (unpaired) electrons. The van der Waals surface area contributed by atoms with Crippen LogP contribution in [0.2, 0.25) is 0 Å². The van der Waals surface area contributed by atoms with Crippen molar-refractivity contribution < 1.29 is 19.0 Å². The molecule has 1 heterocycles. The van der Waals surface area contributed by atoms with Gasteiger partial charge in [-0.3, -0.25) is 10.1 Å². The van der Waals surface area contributed by atoms with Crippen LogP contribution in [0.25, 0.3) is 10.4 Å². The van der Waals surface area contributed by atoms with Gasteiger partial charge in [-0.1, -0.05) is 41.7 Å². The largest absolute Gasteiger partial charge is 0.493 e. The number of carbonyl (C=O) groups excluding carboxylic acids is 1. The summed E-state index contributed by atoms with van der Waals surface area (Å²) in [6, 6.07) is 13.1. The second-order valence-electron chi connectivity index (χ2n) is 5.26. The molecule has 0 fully saturated rings. The summed E-state index contributed by atoms with van der Waals surface area (Å²) in [7, 11) is 4.53. The van der Waals surface area contributed by atoms with Gasteiger partial charge in [-0.2, -0.15) is 0 Å². The van der Waals surface area contributed by atoms with Gasteiger partial charge in [0.1, 0.15) is 0 Å². The number of methoxy groups -OCH3 is 3. The van der Waals surface area contributed by atoms with E-state index in [2.05, 4.69) is 10.3 Å². The Balaban J connectivity index is 1.83. The maximum atomic E-state index is 12.6.